The largest absolute Gasteiger partial charge is 0.484 e. The van der Waals surface area contributed by atoms with Gasteiger partial charge in [-0.05, 0) is 30.5 Å². The Morgan fingerprint density at radius 1 is 1.30 bits per heavy atom. The number of benzene rings is 1. The van der Waals surface area contributed by atoms with Crippen LogP contribution in [0.3, 0.4) is 0 Å². The maximum Gasteiger partial charge on any atom is 0.259 e. The monoisotopic (exact) mass is 319 g/mol. The van der Waals surface area contributed by atoms with E-state index in [9.17, 15) is 9.59 Å². The molecule has 0 aliphatic heterocycles. The molecular weight excluding hydrogens is 294 g/mol. The van der Waals surface area contributed by atoms with Gasteiger partial charge in [-0.1, -0.05) is 25.0 Å². The Morgan fingerprint density at radius 2 is 2.00 bits per heavy atom. The van der Waals surface area contributed by atoms with Crippen LogP contribution in [0.4, 0.5) is 0 Å². The van der Waals surface area contributed by atoms with Crippen LogP contribution in [0.25, 0.3) is 0 Å². The Labute approximate surface area is 137 Å². The van der Waals surface area contributed by atoms with Crippen LogP contribution >= 0.6 is 0 Å². The first-order valence-electron chi connectivity index (χ1n) is 7.90. The van der Waals surface area contributed by atoms with Gasteiger partial charge in [-0.3, -0.25) is 9.59 Å². The highest BCUT2D eigenvalue weighted by atomic mass is 16.5. The molecule has 0 spiro atoms. The molecule has 126 valence electrons. The minimum Gasteiger partial charge on any atom is -0.484 e. The second kappa shape index (κ2) is 7.46. The van der Waals surface area contributed by atoms with Gasteiger partial charge in [-0.2, -0.15) is 0 Å². The number of nitrogens with zero attached hydrogens (tertiary/aromatic N) is 1. The summed E-state index contributed by atoms with van der Waals surface area (Å²) in [4.78, 5) is 25.2. The zero-order valence-electron chi connectivity index (χ0n) is 13.8. The molecule has 1 saturated carbocycles. The van der Waals surface area contributed by atoms with Crippen molar-refractivity contribution >= 4 is 11.8 Å². The van der Waals surface area contributed by atoms with E-state index in [1.807, 2.05) is 18.2 Å². The Hall–Kier alpha value is -2.08. The molecule has 3 N–H and O–H groups in total. The number of ether oxygens (including phenoxy) is 1. The second-order valence-electron chi connectivity index (χ2n) is 6.27. The van der Waals surface area contributed by atoms with E-state index in [-0.39, 0.29) is 18.4 Å². The number of likely N-dealkylation sites (N-methyl/N-ethyl adjacent to an activating group) is 1. The van der Waals surface area contributed by atoms with Gasteiger partial charge in [0.25, 0.3) is 5.91 Å². The fraction of sp³-hybridized carbons (Fsp3) is 0.529. The van der Waals surface area contributed by atoms with Gasteiger partial charge in [0.05, 0.1) is 5.54 Å². The summed E-state index contributed by atoms with van der Waals surface area (Å²) >= 11 is 0. The minimum absolute atomic E-state index is 0.00523. The molecule has 0 atom stereocenters. The van der Waals surface area contributed by atoms with Crippen LogP contribution in [0.2, 0.25) is 0 Å². The highest BCUT2D eigenvalue weighted by Crippen LogP contribution is 2.27. The van der Waals surface area contributed by atoms with E-state index in [4.69, 9.17) is 10.5 Å². The van der Waals surface area contributed by atoms with Crippen molar-refractivity contribution < 1.29 is 14.3 Å². The molecule has 0 heterocycles. The number of amides is 2. The van der Waals surface area contributed by atoms with Crippen molar-refractivity contribution in [1.29, 1.82) is 0 Å². The number of rotatable bonds is 6. The van der Waals surface area contributed by atoms with E-state index in [0.717, 1.165) is 31.2 Å². The lowest BCUT2D eigenvalue weighted by atomic mass is 9.98. The smallest absolute Gasteiger partial charge is 0.259 e. The van der Waals surface area contributed by atoms with E-state index < -0.39 is 5.54 Å². The molecule has 1 aromatic rings. The summed E-state index contributed by atoms with van der Waals surface area (Å²) in [7, 11) is 3.37. The molecule has 2 rings (SSSR count). The van der Waals surface area contributed by atoms with Crippen LogP contribution in [-0.2, 0) is 16.1 Å². The standard InChI is InChI=1S/C17H25N3O3/c1-20(2)15(21)12-23-14-7-5-6-13(10-14)11-19-16(22)17(18)8-3-4-9-17/h5-7,10H,3-4,8-9,11-12,18H2,1-2H3,(H,19,22). The molecule has 6 nitrogen and oxygen atoms in total. The van der Waals surface area contributed by atoms with Crippen molar-refractivity contribution in [2.75, 3.05) is 20.7 Å². The third-order valence-corrected chi connectivity index (χ3v) is 4.16. The summed E-state index contributed by atoms with van der Waals surface area (Å²) in [6, 6.07) is 7.35. The van der Waals surface area contributed by atoms with E-state index >= 15 is 0 Å². The van der Waals surface area contributed by atoms with Crippen LogP contribution in [-0.4, -0.2) is 43.0 Å². The number of hydrogen-bond acceptors (Lipinski definition) is 4. The molecule has 0 aromatic heterocycles. The van der Waals surface area contributed by atoms with Gasteiger partial charge in [-0.15, -0.1) is 0 Å². The summed E-state index contributed by atoms with van der Waals surface area (Å²) in [5, 5.41) is 2.90. The molecule has 1 aromatic carbocycles. The van der Waals surface area contributed by atoms with Gasteiger partial charge in [0, 0.05) is 20.6 Å². The fourth-order valence-electron chi connectivity index (χ4n) is 2.61. The van der Waals surface area contributed by atoms with Crippen LogP contribution in [0.1, 0.15) is 31.2 Å². The number of carbonyl (C=O) groups excluding carboxylic acids is 2. The van der Waals surface area contributed by atoms with E-state index in [0.29, 0.717) is 12.3 Å². The summed E-state index contributed by atoms with van der Waals surface area (Å²) < 4.78 is 5.47. The van der Waals surface area contributed by atoms with E-state index in [1.54, 1.807) is 20.2 Å². The highest BCUT2D eigenvalue weighted by molar-refractivity contribution is 5.86. The third kappa shape index (κ3) is 4.69. The molecular formula is C17H25N3O3. The summed E-state index contributed by atoms with van der Waals surface area (Å²) in [6.07, 6.45) is 3.50. The first-order valence-corrected chi connectivity index (χ1v) is 7.90. The molecule has 6 heteroatoms. The number of carbonyl (C=O) groups is 2. The Morgan fingerprint density at radius 3 is 2.65 bits per heavy atom. The number of nitrogens with one attached hydrogen (secondary N) is 1. The fourth-order valence-corrected chi connectivity index (χ4v) is 2.61. The number of nitrogens with two attached hydrogens (primary N) is 1. The molecule has 1 aliphatic carbocycles. The molecule has 0 unspecified atom stereocenters. The lowest BCUT2D eigenvalue weighted by molar-refractivity contribution is -0.130. The topological polar surface area (TPSA) is 84.7 Å². The average molecular weight is 319 g/mol. The molecule has 2 amide bonds. The van der Waals surface area contributed by atoms with Crippen LogP contribution in [0.5, 0.6) is 5.75 Å². The quantitative estimate of drug-likeness (QED) is 0.820. The van der Waals surface area contributed by atoms with Crippen molar-refractivity contribution in [3.63, 3.8) is 0 Å². The zero-order chi connectivity index (χ0) is 16.9. The Bertz CT molecular complexity index is 566. The maximum atomic E-state index is 12.2. The van der Waals surface area contributed by atoms with Crippen molar-refractivity contribution in [2.45, 2.75) is 37.8 Å². The van der Waals surface area contributed by atoms with Crippen molar-refractivity contribution in [1.82, 2.24) is 10.2 Å². The van der Waals surface area contributed by atoms with Gasteiger partial charge < -0.3 is 20.7 Å². The van der Waals surface area contributed by atoms with E-state index in [2.05, 4.69) is 5.32 Å². The third-order valence-electron chi connectivity index (χ3n) is 4.16. The predicted molar refractivity (Wildman–Crippen MR) is 87.9 cm³/mol. The molecule has 1 aliphatic rings. The predicted octanol–water partition coefficient (Wildman–Crippen LogP) is 1.04. The van der Waals surface area contributed by atoms with Crippen LogP contribution in [0.15, 0.2) is 24.3 Å². The van der Waals surface area contributed by atoms with Crippen molar-refractivity contribution in [2.24, 2.45) is 5.73 Å². The highest BCUT2D eigenvalue weighted by Gasteiger charge is 2.36. The Balaban J connectivity index is 1.87. The minimum atomic E-state index is -0.716. The summed E-state index contributed by atoms with van der Waals surface area (Å²) in [5.41, 5.74) is 6.32. The van der Waals surface area contributed by atoms with Crippen molar-refractivity contribution in [3.05, 3.63) is 29.8 Å². The van der Waals surface area contributed by atoms with Gasteiger partial charge in [0.1, 0.15) is 5.75 Å². The maximum absolute atomic E-state index is 12.2. The first-order chi connectivity index (χ1) is 10.9. The molecule has 0 bridgehead atoms. The van der Waals surface area contributed by atoms with E-state index in [1.165, 1.54) is 4.90 Å². The average Bonchev–Trinajstić information content (AvgIpc) is 2.98. The lowest BCUT2D eigenvalue weighted by Gasteiger charge is -2.22. The van der Waals surface area contributed by atoms with Crippen molar-refractivity contribution in [3.8, 4) is 5.75 Å². The molecule has 0 saturated heterocycles. The van der Waals surface area contributed by atoms with Gasteiger partial charge in [0.2, 0.25) is 5.91 Å². The van der Waals surface area contributed by atoms with Gasteiger partial charge in [-0.25, -0.2) is 0 Å². The molecule has 0 radical (unpaired) electrons. The zero-order valence-corrected chi connectivity index (χ0v) is 13.8. The second-order valence-corrected chi connectivity index (χ2v) is 6.27. The first kappa shape index (κ1) is 17.3. The normalized spacial score (nSPS) is 16.0. The summed E-state index contributed by atoms with van der Waals surface area (Å²) in [6.45, 7) is 0.394. The van der Waals surface area contributed by atoms with Crippen LogP contribution in [0, 0.1) is 0 Å². The van der Waals surface area contributed by atoms with Gasteiger partial charge in [0.15, 0.2) is 6.61 Å². The molecule has 23 heavy (non-hydrogen) atoms. The van der Waals surface area contributed by atoms with Crippen LogP contribution < -0.4 is 15.8 Å². The lowest BCUT2D eigenvalue weighted by Crippen LogP contribution is -2.51. The SMILES string of the molecule is CN(C)C(=O)COc1cccc(CNC(=O)C2(N)CCCC2)c1. The summed E-state index contributed by atoms with van der Waals surface area (Å²) in [5.74, 6) is 0.411. The number of hydrogen-bond donors (Lipinski definition) is 2. The van der Waals surface area contributed by atoms with Gasteiger partial charge >= 0.3 is 0 Å². The molecule has 1 fully saturated rings. The Kier molecular flexibility index (Phi) is 5.60.